The van der Waals surface area contributed by atoms with E-state index in [2.05, 4.69) is 10.6 Å². The Bertz CT molecular complexity index is 1800. The van der Waals surface area contributed by atoms with Crippen LogP contribution < -0.4 is 10.6 Å². The SMILES string of the molecule is CC[C@H](C)[C@@H]([C@@H](CC(=O)N1CCC[C@H]1[C@H](OC)[C@@H](C)C(=O)N[C@@H](COC(=O)c1ccc(C(C)=O)cc1)Cc1ccccc1)OC)N(C)C(=O)[C@@H](NC(=O)[C@H](C(C)C)N(C)C)C(C)C. The summed E-state index contributed by atoms with van der Waals surface area (Å²) >= 11 is 0. The molecular weight excluding hydrogens is 803 g/mol. The lowest BCUT2D eigenvalue weighted by Crippen LogP contribution is -2.59. The van der Waals surface area contributed by atoms with Crippen molar-refractivity contribution in [2.75, 3.05) is 48.5 Å². The maximum absolute atomic E-state index is 14.4. The first kappa shape index (κ1) is 52.7. The van der Waals surface area contributed by atoms with Crippen molar-refractivity contribution in [2.45, 2.75) is 130 Å². The van der Waals surface area contributed by atoms with Gasteiger partial charge in [-0.1, -0.05) is 97.4 Å². The van der Waals surface area contributed by atoms with Gasteiger partial charge in [-0.05, 0) is 75.7 Å². The molecule has 9 atom stereocenters. The molecule has 14 heteroatoms. The summed E-state index contributed by atoms with van der Waals surface area (Å²) in [6.45, 7) is 15.4. The van der Waals surface area contributed by atoms with Crippen LogP contribution in [-0.2, 0) is 39.8 Å². The van der Waals surface area contributed by atoms with E-state index in [4.69, 9.17) is 14.2 Å². The lowest BCUT2D eigenvalue weighted by Gasteiger charge is -2.41. The van der Waals surface area contributed by atoms with Crippen LogP contribution in [0.2, 0.25) is 0 Å². The second-order valence-corrected chi connectivity index (χ2v) is 18.1. The Morgan fingerprint density at radius 2 is 1.43 bits per heavy atom. The molecule has 4 amide bonds. The molecule has 1 heterocycles. The molecule has 0 unspecified atom stereocenters. The third-order valence-electron chi connectivity index (χ3n) is 12.6. The molecule has 63 heavy (non-hydrogen) atoms. The van der Waals surface area contributed by atoms with Gasteiger partial charge in [-0.15, -0.1) is 0 Å². The Morgan fingerprint density at radius 3 is 1.95 bits per heavy atom. The molecule has 1 aliphatic heterocycles. The highest BCUT2D eigenvalue weighted by Gasteiger charge is 2.43. The van der Waals surface area contributed by atoms with Gasteiger partial charge >= 0.3 is 5.97 Å². The molecule has 3 rings (SSSR count). The van der Waals surface area contributed by atoms with Crippen molar-refractivity contribution >= 4 is 35.4 Å². The van der Waals surface area contributed by atoms with Crippen LogP contribution in [0.1, 0.15) is 107 Å². The van der Waals surface area contributed by atoms with E-state index in [1.54, 1.807) is 62.3 Å². The summed E-state index contributed by atoms with van der Waals surface area (Å²) in [6, 6.07) is 13.1. The van der Waals surface area contributed by atoms with Crippen LogP contribution in [0.5, 0.6) is 0 Å². The minimum atomic E-state index is -0.785. The normalized spacial score (nSPS) is 17.9. The van der Waals surface area contributed by atoms with Gasteiger partial charge in [0.15, 0.2) is 5.78 Å². The molecule has 0 radical (unpaired) electrons. The average molecular weight is 878 g/mol. The third-order valence-corrected chi connectivity index (χ3v) is 12.6. The molecule has 0 spiro atoms. The number of nitrogens with one attached hydrogen (secondary N) is 2. The molecule has 2 N–H and O–H groups in total. The second kappa shape index (κ2) is 25.0. The van der Waals surface area contributed by atoms with E-state index in [0.717, 1.165) is 12.0 Å². The van der Waals surface area contributed by atoms with E-state index >= 15 is 0 Å². The summed E-state index contributed by atoms with van der Waals surface area (Å²) in [6.07, 6.45) is 1.13. The van der Waals surface area contributed by atoms with Crippen molar-refractivity contribution in [3.05, 3.63) is 71.3 Å². The van der Waals surface area contributed by atoms with E-state index in [-0.39, 0.29) is 65.8 Å². The number of benzene rings is 2. The van der Waals surface area contributed by atoms with Crippen LogP contribution in [0.25, 0.3) is 0 Å². The summed E-state index contributed by atoms with van der Waals surface area (Å²) in [5, 5.41) is 6.13. The predicted molar refractivity (Wildman–Crippen MR) is 244 cm³/mol. The molecule has 1 aliphatic rings. The van der Waals surface area contributed by atoms with Gasteiger partial charge in [-0.3, -0.25) is 28.9 Å². The number of methoxy groups -OCH3 is 2. The van der Waals surface area contributed by atoms with Gasteiger partial charge in [-0.2, -0.15) is 0 Å². The number of esters is 1. The number of rotatable bonds is 24. The first-order valence-corrected chi connectivity index (χ1v) is 22.5. The number of carbonyl (C=O) groups is 6. The number of amides is 4. The van der Waals surface area contributed by atoms with Crippen molar-refractivity contribution < 1.29 is 43.0 Å². The first-order chi connectivity index (χ1) is 29.8. The largest absolute Gasteiger partial charge is 0.460 e. The molecule has 2 aromatic carbocycles. The van der Waals surface area contributed by atoms with Gasteiger partial charge in [-0.25, -0.2) is 4.79 Å². The van der Waals surface area contributed by atoms with Crippen LogP contribution in [0.4, 0.5) is 0 Å². The molecular formula is C49H75N5O9. The van der Waals surface area contributed by atoms with Gasteiger partial charge < -0.3 is 34.6 Å². The standard InChI is InChI=1S/C49H75N5O9/c1-14-32(6)44(53(11)48(59)42(30(2)3)51-47(58)43(31(4)5)52(9)10)40(61-12)28-41(56)54-26-18-21-39(54)45(62-13)33(7)46(57)50-38(27-35-19-16-15-17-20-35)29-63-49(60)37-24-22-36(23-25-37)34(8)55/h15-17,19-20,22-25,30-33,38-40,42-45H,14,18,21,26-29H2,1-13H3,(H,50,57)(H,51,58)/t32-,33+,38+,39-,40+,42-,43-,44-,45+/m0/s1. The molecule has 14 nitrogen and oxygen atoms in total. The minimum absolute atomic E-state index is 0.00656. The Morgan fingerprint density at radius 1 is 0.810 bits per heavy atom. The van der Waals surface area contributed by atoms with Crippen LogP contribution >= 0.6 is 0 Å². The molecule has 0 aromatic heterocycles. The monoisotopic (exact) mass is 878 g/mol. The Balaban J connectivity index is 1.79. The van der Waals surface area contributed by atoms with E-state index in [0.29, 0.717) is 31.4 Å². The number of ketones is 1. The van der Waals surface area contributed by atoms with Gasteiger partial charge in [0.25, 0.3) is 0 Å². The lowest BCUT2D eigenvalue weighted by atomic mass is 9.89. The van der Waals surface area contributed by atoms with Gasteiger partial charge in [0, 0.05) is 33.4 Å². The number of likely N-dealkylation sites (tertiary alicyclic amines) is 1. The fourth-order valence-electron chi connectivity index (χ4n) is 8.89. The van der Waals surface area contributed by atoms with E-state index in [9.17, 15) is 28.8 Å². The molecule has 0 bridgehead atoms. The van der Waals surface area contributed by atoms with Crippen LogP contribution in [-0.4, -0.2) is 141 Å². The highest BCUT2D eigenvalue weighted by atomic mass is 16.5. The van der Waals surface area contributed by atoms with Crippen molar-refractivity contribution in [3.63, 3.8) is 0 Å². The second-order valence-electron chi connectivity index (χ2n) is 18.1. The average Bonchev–Trinajstić information content (AvgIpc) is 3.73. The Labute approximate surface area is 376 Å². The number of carbonyl (C=O) groups excluding carboxylic acids is 6. The van der Waals surface area contributed by atoms with Gasteiger partial charge in [0.1, 0.15) is 12.6 Å². The summed E-state index contributed by atoms with van der Waals surface area (Å²) in [5.41, 5.74) is 1.71. The number of hydrogen-bond acceptors (Lipinski definition) is 10. The highest BCUT2D eigenvalue weighted by molar-refractivity contribution is 5.96. The number of likely N-dealkylation sites (N-methyl/N-ethyl adjacent to an activating group) is 2. The fourth-order valence-corrected chi connectivity index (χ4v) is 8.89. The maximum Gasteiger partial charge on any atom is 0.338 e. The Kier molecular flexibility index (Phi) is 20.9. The highest BCUT2D eigenvalue weighted by Crippen LogP contribution is 2.30. The fraction of sp³-hybridized carbons (Fsp3) is 0.633. The number of Topliss-reactive ketones (excluding diaryl/α,β-unsaturated/α-hetero) is 1. The maximum atomic E-state index is 14.4. The molecule has 0 saturated carbocycles. The van der Waals surface area contributed by atoms with Gasteiger partial charge in [0.2, 0.25) is 23.6 Å². The summed E-state index contributed by atoms with van der Waals surface area (Å²) in [4.78, 5) is 86.4. The van der Waals surface area contributed by atoms with Crippen LogP contribution in [0.3, 0.4) is 0 Å². The van der Waals surface area contributed by atoms with E-state index in [1.807, 2.05) is 90.9 Å². The Hall–Kier alpha value is -4.66. The van der Waals surface area contributed by atoms with Crippen LogP contribution in [0, 0.1) is 23.7 Å². The molecule has 2 aromatic rings. The zero-order chi connectivity index (χ0) is 47.1. The van der Waals surface area contributed by atoms with E-state index < -0.39 is 54.3 Å². The number of ether oxygens (including phenoxy) is 3. The zero-order valence-electron chi connectivity index (χ0n) is 40.0. The predicted octanol–water partition coefficient (Wildman–Crippen LogP) is 5.42. The topological polar surface area (TPSA) is 164 Å². The van der Waals surface area contributed by atoms with Crippen molar-refractivity contribution in [2.24, 2.45) is 23.7 Å². The van der Waals surface area contributed by atoms with Crippen molar-refractivity contribution in [1.82, 2.24) is 25.3 Å². The minimum Gasteiger partial charge on any atom is -0.460 e. The van der Waals surface area contributed by atoms with E-state index in [1.165, 1.54) is 6.92 Å². The molecule has 350 valence electrons. The number of hydrogen-bond donors (Lipinski definition) is 2. The summed E-state index contributed by atoms with van der Waals surface area (Å²) in [7, 11) is 8.52. The smallest absolute Gasteiger partial charge is 0.338 e. The zero-order valence-corrected chi connectivity index (χ0v) is 40.0. The first-order valence-electron chi connectivity index (χ1n) is 22.5. The summed E-state index contributed by atoms with van der Waals surface area (Å²) in [5.74, 6) is -2.54. The third kappa shape index (κ3) is 14.4. The molecule has 1 fully saturated rings. The quantitative estimate of drug-likeness (QED) is 0.103. The molecule has 1 saturated heterocycles. The van der Waals surface area contributed by atoms with Crippen molar-refractivity contribution in [3.8, 4) is 0 Å². The number of nitrogens with zero attached hydrogens (tertiary/aromatic N) is 3. The van der Waals surface area contributed by atoms with Gasteiger partial charge in [0.05, 0.1) is 54.3 Å². The summed E-state index contributed by atoms with van der Waals surface area (Å²) < 4.78 is 17.8. The lowest BCUT2D eigenvalue weighted by molar-refractivity contribution is -0.148. The van der Waals surface area contributed by atoms with Crippen LogP contribution in [0.15, 0.2) is 54.6 Å². The van der Waals surface area contributed by atoms with Crippen molar-refractivity contribution in [1.29, 1.82) is 0 Å². The molecule has 0 aliphatic carbocycles.